The maximum absolute atomic E-state index is 11.1. The van der Waals surface area contributed by atoms with Crippen LogP contribution in [0.25, 0.3) is 0 Å². The molecule has 3 N–H and O–H groups in total. The van der Waals surface area contributed by atoms with E-state index in [0.29, 0.717) is 12.4 Å². The zero-order valence-corrected chi connectivity index (χ0v) is 11.7. The minimum atomic E-state index is -0.492. The van der Waals surface area contributed by atoms with E-state index in [-0.39, 0.29) is 10.9 Å². The first-order chi connectivity index (χ1) is 10.1. The number of nitrogens with two attached hydrogens (primary N) is 1. The van der Waals surface area contributed by atoms with E-state index in [1.54, 1.807) is 0 Å². The zero-order chi connectivity index (χ0) is 15.2. The van der Waals surface area contributed by atoms with Crippen molar-refractivity contribution in [3.63, 3.8) is 0 Å². The Morgan fingerprint density at radius 3 is 2.86 bits per heavy atom. The molecule has 0 aliphatic carbocycles. The standard InChI is InChI=1S/C12H12N6O2S/c13-12(21)16-15-6-10-14-7-11(18(19)20)17(10)8-9-4-2-1-3-5-9/h1-7H,8H2,(H3,13,16,21)/b15-6+. The minimum Gasteiger partial charge on any atom is -0.375 e. The monoisotopic (exact) mass is 304 g/mol. The molecule has 0 saturated carbocycles. The SMILES string of the molecule is NC(=S)N/N=C/c1ncc([N+](=O)[O-])n1Cc1ccccc1. The lowest BCUT2D eigenvalue weighted by molar-refractivity contribution is -0.392. The Morgan fingerprint density at radius 2 is 2.24 bits per heavy atom. The Morgan fingerprint density at radius 1 is 1.52 bits per heavy atom. The molecule has 0 radical (unpaired) electrons. The van der Waals surface area contributed by atoms with Gasteiger partial charge in [0.1, 0.15) is 19.0 Å². The molecule has 21 heavy (non-hydrogen) atoms. The Labute approximate surface area is 125 Å². The molecule has 0 aliphatic heterocycles. The van der Waals surface area contributed by atoms with Gasteiger partial charge in [-0.15, -0.1) is 0 Å². The molecule has 0 bridgehead atoms. The van der Waals surface area contributed by atoms with Gasteiger partial charge in [-0.1, -0.05) is 30.3 Å². The van der Waals surface area contributed by atoms with Crippen LogP contribution in [0.1, 0.15) is 11.4 Å². The molecular formula is C12H12N6O2S. The van der Waals surface area contributed by atoms with Gasteiger partial charge in [0.25, 0.3) is 0 Å². The smallest absolute Gasteiger partial charge is 0.343 e. The van der Waals surface area contributed by atoms with Gasteiger partial charge in [-0.25, -0.2) is 9.55 Å². The summed E-state index contributed by atoms with van der Waals surface area (Å²) in [5.41, 5.74) is 8.53. The van der Waals surface area contributed by atoms with Crippen LogP contribution >= 0.6 is 12.2 Å². The molecule has 1 heterocycles. The number of nitrogens with zero attached hydrogens (tertiary/aromatic N) is 4. The number of hydrogen-bond acceptors (Lipinski definition) is 5. The number of hydrazone groups is 1. The van der Waals surface area contributed by atoms with E-state index in [9.17, 15) is 10.1 Å². The number of benzene rings is 1. The van der Waals surface area contributed by atoms with Crippen molar-refractivity contribution in [1.82, 2.24) is 15.0 Å². The lowest BCUT2D eigenvalue weighted by Gasteiger charge is -2.03. The summed E-state index contributed by atoms with van der Waals surface area (Å²) >= 11 is 4.61. The first kappa shape index (κ1) is 14.6. The summed E-state index contributed by atoms with van der Waals surface area (Å²) < 4.78 is 1.44. The van der Waals surface area contributed by atoms with E-state index < -0.39 is 4.92 Å². The highest BCUT2D eigenvalue weighted by Gasteiger charge is 2.19. The van der Waals surface area contributed by atoms with Gasteiger partial charge in [0.15, 0.2) is 5.11 Å². The van der Waals surface area contributed by atoms with Crippen LogP contribution in [0.2, 0.25) is 0 Å². The van der Waals surface area contributed by atoms with Gasteiger partial charge in [0, 0.05) is 0 Å². The molecule has 0 spiro atoms. The van der Waals surface area contributed by atoms with Crippen molar-refractivity contribution in [3.8, 4) is 0 Å². The number of thiocarbonyl (C=S) groups is 1. The molecule has 2 aromatic rings. The van der Waals surface area contributed by atoms with Crippen LogP contribution in [0.15, 0.2) is 41.6 Å². The van der Waals surface area contributed by atoms with Gasteiger partial charge in [-0.2, -0.15) is 5.10 Å². The molecule has 0 unspecified atom stereocenters. The Balaban J connectivity index is 2.31. The van der Waals surface area contributed by atoms with Crippen molar-refractivity contribution in [3.05, 3.63) is 58.0 Å². The van der Waals surface area contributed by atoms with Gasteiger partial charge < -0.3 is 15.8 Å². The van der Waals surface area contributed by atoms with Gasteiger partial charge >= 0.3 is 5.82 Å². The molecule has 0 aliphatic rings. The number of rotatable bonds is 5. The van der Waals surface area contributed by atoms with E-state index in [4.69, 9.17) is 5.73 Å². The van der Waals surface area contributed by atoms with Crippen LogP contribution < -0.4 is 11.2 Å². The van der Waals surface area contributed by atoms with Crippen molar-refractivity contribution in [1.29, 1.82) is 0 Å². The summed E-state index contributed by atoms with van der Waals surface area (Å²) in [6, 6.07) is 9.34. The Bertz CT molecular complexity index is 682. The first-order valence-corrected chi connectivity index (χ1v) is 6.31. The highest BCUT2D eigenvalue weighted by molar-refractivity contribution is 7.80. The second kappa shape index (κ2) is 6.57. The van der Waals surface area contributed by atoms with Crippen LogP contribution in [0.5, 0.6) is 0 Å². The number of nitro groups is 1. The van der Waals surface area contributed by atoms with Crippen molar-refractivity contribution >= 4 is 29.4 Å². The van der Waals surface area contributed by atoms with Crippen LogP contribution in [-0.2, 0) is 6.54 Å². The molecule has 0 fully saturated rings. The lowest BCUT2D eigenvalue weighted by atomic mass is 10.2. The molecule has 8 nitrogen and oxygen atoms in total. The molecule has 2 rings (SSSR count). The zero-order valence-electron chi connectivity index (χ0n) is 10.8. The highest BCUT2D eigenvalue weighted by atomic mass is 32.1. The molecule has 9 heteroatoms. The predicted octanol–water partition coefficient (Wildman–Crippen LogP) is 1.01. The third-order valence-corrected chi connectivity index (χ3v) is 2.68. The fourth-order valence-electron chi connectivity index (χ4n) is 1.71. The van der Waals surface area contributed by atoms with Crippen LogP contribution in [0.3, 0.4) is 0 Å². The van der Waals surface area contributed by atoms with Crippen LogP contribution in [0, 0.1) is 10.1 Å². The Hall–Kier alpha value is -2.81. The average Bonchev–Trinajstić information content (AvgIpc) is 2.83. The summed E-state index contributed by atoms with van der Waals surface area (Å²) in [4.78, 5) is 14.5. The van der Waals surface area contributed by atoms with Gasteiger partial charge in [0.2, 0.25) is 5.82 Å². The predicted molar refractivity (Wildman–Crippen MR) is 81.9 cm³/mol. The van der Waals surface area contributed by atoms with Crippen LogP contribution in [-0.4, -0.2) is 25.8 Å². The van der Waals surface area contributed by atoms with E-state index in [2.05, 4.69) is 27.7 Å². The second-order valence-corrected chi connectivity index (χ2v) is 4.48. The third kappa shape index (κ3) is 3.83. The van der Waals surface area contributed by atoms with E-state index >= 15 is 0 Å². The molecular weight excluding hydrogens is 292 g/mol. The Kier molecular flexibility index (Phi) is 4.57. The molecule has 1 aromatic heterocycles. The normalized spacial score (nSPS) is 10.7. The fourth-order valence-corrected chi connectivity index (χ4v) is 1.76. The van der Waals surface area contributed by atoms with Crippen molar-refractivity contribution in [2.24, 2.45) is 10.8 Å². The van der Waals surface area contributed by atoms with Gasteiger partial charge in [-0.3, -0.25) is 5.43 Å². The van der Waals surface area contributed by atoms with Crippen molar-refractivity contribution in [2.75, 3.05) is 0 Å². The lowest BCUT2D eigenvalue weighted by Crippen LogP contribution is -2.24. The third-order valence-electron chi connectivity index (χ3n) is 2.59. The summed E-state index contributed by atoms with van der Waals surface area (Å²) in [5, 5.41) is 14.8. The molecule has 0 saturated heterocycles. The number of hydrogen-bond donors (Lipinski definition) is 2. The van der Waals surface area contributed by atoms with Gasteiger partial charge in [-0.05, 0) is 22.7 Å². The summed E-state index contributed by atoms with van der Waals surface area (Å²) in [5.74, 6) is 0.213. The largest absolute Gasteiger partial charge is 0.375 e. The fraction of sp³-hybridized carbons (Fsp3) is 0.0833. The topological polar surface area (TPSA) is 111 Å². The average molecular weight is 304 g/mol. The van der Waals surface area contributed by atoms with E-state index in [1.807, 2.05) is 30.3 Å². The minimum absolute atomic E-state index is 0.00177. The van der Waals surface area contributed by atoms with E-state index in [0.717, 1.165) is 5.56 Å². The van der Waals surface area contributed by atoms with Crippen molar-refractivity contribution in [2.45, 2.75) is 6.54 Å². The molecule has 1 aromatic carbocycles. The quantitative estimate of drug-likeness (QED) is 0.369. The van der Waals surface area contributed by atoms with Gasteiger partial charge in [0.05, 0.1) is 0 Å². The summed E-state index contributed by atoms with van der Waals surface area (Å²) in [7, 11) is 0. The first-order valence-electron chi connectivity index (χ1n) is 5.90. The van der Waals surface area contributed by atoms with E-state index in [1.165, 1.54) is 17.0 Å². The summed E-state index contributed by atoms with van der Waals surface area (Å²) in [6.45, 7) is 0.311. The molecule has 0 atom stereocenters. The van der Waals surface area contributed by atoms with Crippen molar-refractivity contribution < 1.29 is 4.92 Å². The van der Waals surface area contributed by atoms with Crippen LogP contribution in [0.4, 0.5) is 5.82 Å². The number of nitrogens with one attached hydrogen (secondary N) is 1. The molecule has 0 amide bonds. The number of aromatic nitrogens is 2. The number of imidazole rings is 1. The second-order valence-electron chi connectivity index (χ2n) is 4.04. The summed E-state index contributed by atoms with van der Waals surface area (Å²) in [6.07, 6.45) is 2.51. The highest BCUT2D eigenvalue weighted by Crippen LogP contribution is 2.15. The maximum Gasteiger partial charge on any atom is 0.343 e. The maximum atomic E-state index is 11.1. The molecule has 108 valence electrons.